The lowest BCUT2D eigenvalue weighted by atomic mass is 9.98. The van der Waals surface area contributed by atoms with E-state index in [1.807, 2.05) is 44.2 Å². The van der Waals surface area contributed by atoms with Crippen LogP contribution in [0, 0.1) is 0 Å². The van der Waals surface area contributed by atoms with Gasteiger partial charge in [-0.05, 0) is 60.0 Å². The molecule has 8 heteroatoms. The van der Waals surface area contributed by atoms with Crippen LogP contribution in [-0.4, -0.2) is 39.0 Å². The van der Waals surface area contributed by atoms with Gasteiger partial charge in [-0.1, -0.05) is 63.6 Å². The zero-order chi connectivity index (χ0) is 27.1. The van der Waals surface area contributed by atoms with E-state index in [1.165, 1.54) is 12.6 Å². The smallest absolute Gasteiger partial charge is 0.213 e. The van der Waals surface area contributed by atoms with Crippen LogP contribution in [0.5, 0.6) is 0 Å². The summed E-state index contributed by atoms with van der Waals surface area (Å²) in [6, 6.07) is 18.3. The molecule has 1 aromatic heterocycles. The lowest BCUT2D eigenvalue weighted by Gasteiger charge is -2.15. The molecule has 0 aliphatic heterocycles. The number of nitrogens with two attached hydrogens (primary N) is 1. The first kappa shape index (κ1) is 29.7. The van der Waals surface area contributed by atoms with E-state index in [1.54, 1.807) is 24.7 Å². The molecule has 0 aliphatic rings. The van der Waals surface area contributed by atoms with Crippen LogP contribution >= 0.6 is 0 Å². The number of aliphatic imine (C=N–C) groups is 1. The number of sulfonamides is 1. The Labute approximate surface area is 225 Å². The number of hydrogen-bond donors (Lipinski definition) is 3. The molecule has 0 saturated heterocycles. The van der Waals surface area contributed by atoms with Crippen molar-refractivity contribution in [2.45, 2.75) is 40.2 Å². The summed E-state index contributed by atoms with van der Waals surface area (Å²) < 4.78 is 25.9. The van der Waals surface area contributed by atoms with Gasteiger partial charge in [0, 0.05) is 45.0 Å². The molecular weight excluding hydrogens is 482 g/mol. The third kappa shape index (κ3) is 9.82. The van der Waals surface area contributed by atoms with Crippen molar-refractivity contribution >= 4 is 27.6 Å². The number of rotatable bonds is 12. The maximum absolute atomic E-state index is 11.8. The van der Waals surface area contributed by atoms with Crippen molar-refractivity contribution in [1.29, 1.82) is 0 Å². The topological polar surface area (TPSA) is 109 Å². The van der Waals surface area contributed by atoms with Crippen molar-refractivity contribution in [2.75, 3.05) is 24.7 Å². The van der Waals surface area contributed by atoms with Crippen LogP contribution in [0.4, 0.5) is 5.69 Å². The molecule has 4 N–H and O–H groups in total. The van der Waals surface area contributed by atoms with E-state index in [9.17, 15) is 8.42 Å². The van der Waals surface area contributed by atoms with E-state index in [0.29, 0.717) is 12.2 Å². The van der Waals surface area contributed by atoms with Gasteiger partial charge in [0.25, 0.3) is 0 Å². The molecule has 0 bridgehead atoms. The number of nitrogens with zero attached hydrogens (tertiary/aromatic N) is 2. The van der Waals surface area contributed by atoms with Crippen LogP contribution in [0.1, 0.15) is 46.7 Å². The normalized spacial score (nSPS) is 11.7. The van der Waals surface area contributed by atoms with E-state index in [2.05, 4.69) is 51.2 Å². The monoisotopic (exact) mass is 525 g/mol. The van der Waals surface area contributed by atoms with Crippen molar-refractivity contribution < 1.29 is 11.3 Å². The molecule has 0 atom stereocenters. The number of aryl methyl sites for hydroxylation is 1. The molecule has 0 saturated carbocycles. The van der Waals surface area contributed by atoms with Gasteiger partial charge in [0.05, 0.1) is 12.3 Å². The molecule has 0 radical (unpaired) electrons. The van der Waals surface area contributed by atoms with Crippen LogP contribution in [-0.2, 0) is 23.0 Å². The van der Waals surface area contributed by atoms with Crippen molar-refractivity contribution in [1.82, 2.24) is 9.71 Å². The van der Waals surface area contributed by atoms with Gasteiger partial charge in [-0.25, -0.2) is 13.1 Å². The van der Waals surface area contributed by atoms with Gasteiger partial charge in [-0.15, -0.1) is 0 Å². The van der Waals surface area contributed by atoms with Crippen LogP contribution in [0.3, 0.4) is 0 Å². The maximum atomic E-state index is 11.8. The summed E-state index contributed by atoms with van der Waals surface area (Å²) in [6.07, 6.45) is 9.11. The Hall–Kier alpha value is -3.49. The first-order valence-corrected chi connectivity index (χ1v) is 14.3. The van der Waals surface area contributed by atoms with Gasteiger partial charge in [-0.3, -0.25) is 9.98 Å². The summed E-state index contributed by atoms with van der Waals surface area (Å²) in [5, 5.41) is 3.21. The Bertz CT molecular complexity index is 1270. The first-order chi connectivity index (χ1) is 17.9. The highest BCUT2D eigenvalue weighted by molar-refractivity contribution is 7.89. The second-order valence-electron chi connectivity index (χ2n) is 8.13. The summed E-state index contributed by atoms with van der Waals surface area (Å²) in [5.74, 6) is -0.0419. The fourth-order valence-corrected chi connectivity index (χ4v) is 4.14. The Morgan fingerprint density at radius 2 is 1.81 bits per heavy atom. The fraction of sp³-hybridized carbons (Fsp3) is 0.310. The summed E-state index contributed by atoms with van der Waals surface area (Å²) in [4.78, 5) is 8.51. The molecule has 0 spiro atoms. The van der Waals surface area contributed by atoms with Crippen molar-refractivity contribution in [3.05, 3.63) is 89.8 Å². The Kier molecular flexibility index (Phi) is 12.5. The Morgan fingerprint density at radius 3 is 2.46 bits per heavy atom. The number of aromatic nitrogens is 1. The lowest BCUT2D eigenvalue weighted by molar-refractivity contribution is 0.588. The summed E-state index contributed by atoms with van der Waals surface area (Å²) >= 11 is 0. The zero-order valence-corrected chi connectivity index (χ0v) is 23.1. The fourth-order valence-electron chi connectivity index (χ4n) is 3.56. The zero-order valence-electron chi connectivity index (χ0n) is 22.2. The first-order valence-electron chi connectivity index (χ1n) is 12.6. The third-order valence-corrected chi connectivity index (χ3v) is 6.87. The average Bonchev–Trinajstić information content (AvgIpc) is 2.93. The van der Waals surface area contributed by atoms with Crippen LogP contribution in [0.25, 0.3) is 16.8 Å². The van der Waals surface area contributed by atoms with Gasteiger partial charge in [0.1, 0.15) is 0 Å². The highest BCUT2D eigenvalue weighted by atomic mass is 32.2. The standard InChI is InChI=1S/C27H33N5O2S.C2H6.2H2/c1-3-5-21-7-9-23(10-8-21)24-11-12-27(32-16-17-35(33,34)29-2)25(18-24)26(28)13-15-31-20-22-6-4-14-30-19-22;1-2;;/h4,6-15,18-19,29,32H,3,5,16-17,20,28H2,1-2H3;1-2H3;2*1H/b26-13-,31-15?;;;. The van der Waals surface area contributed by atoms with Crippen molar-refractivity contribution in [2.24, 2.45) is 10.7 Å². The Morgan fingerprint density at radius 1 is 1.08 bits per heavy atom. The molecule has 3 aromatic rings. The highest BCUT2D eigenvalue weighted by Crippen LogP contribution is 2.28. The quantitative estimate of drug-likeness (QED) is 0.261. The van der Waals surface area contributed by atoms with E-state index in [0.717, 1.165) is 40.8 Å². The molecule has 202 valence electrons. The van der Waals surface area contributed by atoms with E-state index >= 15 is 0 Å². The highest BCUT2D eigenvalue weighted by Gasteiger charge is 2.11. The lowest BCUT2D eigenvalue weighted by Crippen LogP contribution is -2.26. The van der Waals surface area contributed by atoms with Crippen LogP contribution < -0.4 is 15.8 Å². The summed E-state index contributed by atoms with van der Waals surface area (Å²) in [5.41, 5.74) is 13.0. The predicted molar refractivity (Wildman–Crippen MR) is 161 cm³/mol. The Balaban J connectivity index is 0.00000353. The van der Waals surface area contributed by atoms with Crippen LogP contribution in [0.15, 0.2) is 78.1 Å². The number of hydrogen-bond acceptors (Lipinski definition) is 6. The number of benzene rings is 2. The minimum absolute atomic E-state index is 0. The molecule has 0 aliphatic carbocycles. The van der Waals surface area contributed by atoms with Gasteiger partial charge >= 0.3 is 0 Å². The molecule has 0 fully saturated rings. The minimum atomic E-state index is -3.31. The van der Waals surface area contributed by atoms with E-state index in [4.69, 9.17) is 5.73 Å². The second-order valence-corrected chi connectivity index (χ2v) is 10.2. The molecule has 0 unspecified atom stereocenters. The van der Waals surface area contributed by atoms with Gasteiger partial charge in [0.2, 0.25) is 10.0 Å². The van der Waals surface area contributed by atoms with Crippen molar-refractivity contribution in [3.63, 3.8) is 0 Å². The second kappa shape index (κ2) is 15.6. The largest absolute Gasteiger partial charge is 0.398 e. The van der Waals surface area contributed by atoms with Crippen LogP contribution in [0.2, 0.25) is 0 Å². The van der Waals surface area contributed by atoms with Gasteiger partial charge < -0.3 is 11.1 Å². The number of pyridine rings is 1. The van der Waals surface area contributed by atoms with E-state index in [-0.39, 0.29) is 15.2 Å². The molecule has 37 heavy (non-hydrogen) atoms. The SMILES string of the molecule is CC.CCCc1ccc(-c2ccc(NCCS(=O)(=O)NC)c(/C(N)=C/C=NCc3cccnc3)c2)cc1.[HH].[HH]. The molecule has 1 heterocycles. The summed E-state index contributed by atoms with van der Waals surface area (Å²) in [7, 11) is -1.90. The van der Waals surface area contributed by atoms with Gasteiger partial charge in [-0.2, -0.15) is 0 Å². The molecule has 7 nitrogen and oxygen atoms in total. The number of nitrogens with one attached hydrogen (secondary N) is 2. The molecular formula is C29H43N5O2S. The predicted octanol–water partition coefficient (Wildman–Crippen LogP) is 5.75. The number of anilines is 1. The average molecular weight is 526 g/mol. The third-order valence-electron chi connectivity index (χ3n) is 5.51. The van der Waals surface area contributed by atoms with E-state index < -0.39 is 10.0 Å². The van der Waals surface area contributed by atoms with Gasteiger partial charge in [0.15, 0.2) is 0 Å². The summed E-state index contributed by atoms with van der Waals surface area (Å²) in [6.45, 7) is 6.93. The molecule has 3 rings (SSSR count). The molecule has 2 aromatic carbocycles. The molecule has 0 amide bonds. The number of allylic oxidation sites excluding steroid dienone is 1. The van der Waals surface area contributed by atoms with Crippen molar-refractivity contribution in [3.8, 4) is 11.1 Å². The minimum Gasteiger partial charge on any atom is -0.398 e. The maximum Gasteiger partial charge on any atom is 0.213 e.